The van der Waals surface area contributed by atoms with Crippen LogP contribution in [0.25, 0.3) is 0 Å². The molecule has 0 fully saturated rings. The molecule has 2 aromatic rings. The summed E-state index contributed by atoms with van der Waals surface area (Å²) in [5.74, 6) is 0.880. The second kappa shape index (κ2) is 6.41. The van der Waals surface area contributed by atoms with Crippen LogP contribution in [0.4, 0.5) is 4.39 Å². The van der Waals surface area contributed by atoms with Crippen molar-refractivity contribution in [2.24, 2.45) is 5.73 Å². The first-order chi connectivity index (χ1) is 10.1. The van der Waals surface area contributed by atoms with Gasteiger partial charge in [0.25, 0.3) is 0 Å². The molecule has 1 heterocycles. The molecule has 1 unspecified atom stereocenters. The molecule has 2 N–H and O–H groups in total. The number of ether oxygens (including phenoxy) is 3. The summed E-state index contributed by atoms with van der Waals surface area (Å²) in [6.45, 7) is 0. The van der Waals surface area contributed by atoms with Gasteiger partial charge in [0, 0.05) is 17.3 Å². The SMILES string of the molecule is COc1ccc(C(N)c2ccncc2F)c(OC)c1OC. The minimum absolute atomic E-state index is 0.329. The first kappa shape index (κ1) is 15.1. The predicted molar refractivity (Wildman–Crippen MR) is 76.3 cm³/mol. The van der Waals surface area contributed by atoms with Gasteiger partial charge in [-0.3, -0.25) is 4.98 Å². The standard InChI is InChI=1S/C15H17FN2O3/c1-19-12-5-4-10(14(20-2)15(12)21-3)13(17)9-6-7-18-8-11(9)16/h4-8,13H,17H2,1-3H3. The van der Waals surface area contributed by atoms with E-state index in [0.29, 0.717) is 28.4 Å². The molecule has 0 aliphatic carbocycles. The second-order valence-corrected chi connectivity index (χ2v) is 4.30. The minimum atomic E-state index is -0.706. The zero-order valence-corrected chi connectivity index (χ0v) is 12.1. The van der Waals surface area contributed by atoms with E-state index < -0.39 is 11.9 Å². The molecule has 0 spiro atoms. The molecule has 0 bridgehead atoms. The van der Waals surface area contributed by atoms with Gasteiger partial charge in [0.05, 0.1) is 33.6 Å². The fourth-order valence-electron chi connectivity index (χ4n) is 2.18. The molecule has 1 aromatic heterocycles. The number of nitrogens with zero attached hydrogens (tertiary/aromatic N) is 1. The van der Waals surface area contributed by atoms with Crippen LogP contribution in [-0.4, -0.2) is 26.3 Å². The van der Waals surface area contributed by atoms with Crippen molar-refractivity contribution in [2.45, 2.75) is 6.04 Å². The molecular weight excluding hydrogens is 275 g/mol. The fraction of sp³-hybridized carbons (Fsp3) is 0.267. The highest BCUT2D eigenvalue weighted by Crippen LogP contribution is 2.42. The van der Waals surface area contributed by atoms with E-state index in [-0.39, 0.29) is 0 Å². The highest BCUT2D eigenvalue weighted by Gasteiger charge is 2.22. The fourth-order valence-corrected chi connectivity index (χ4v) is 2.18. The smallest absolute Gasteiger partial charge is 0.203 e. The van der Waals surface area contributed by atoms with Crippen molar-refractivity contribution < 1.29 is 18.6 Å². The van der Waals surface area contributed by atoms with Crippen LogP contribution in [0.15, 0.2) is 30.6 Å². The molecule has 0 radical (unpaired) electrons. The van der Waals surface area contributed by atoms with Gasteiger partial charge in [0.15, 0.2) is 11.5 Å². The molecule has 112 valence electrons. The third kappa shape index (κ3) is 2.75. The normalized spacial score (nSPS) is 11.9. The zero-order chi connectivity index (χ0) is 15.4. The largest absolute Gasteiger partial charge is 0.493 e. The van der Waals surface area contributed by atoms with Crippen molar-refractivity contribution in [1.29, 1.82) is 0 Å². The minimum Gasteiger partial charge on any atom is -0.493 e. The number of halogens is 1. The zero-order valence-electron chi connectivity index (χ0n) is 12.1. The summed E-state index contributed by atoms with van der Waals surface area (Å²) in [7, 11) is 4.53. The highest BCUT2D eigenvalue weighted by molar-refractivity contribution is 5.58. The Morgan fingerprint density at radius 2 is 1.71 bits per heavy atom. The summed E-state index contributed by atoms with van der Waals surface area (Å²) in [6.07, 6.45) is 2.62. The van der Waals surface area contributed by atoms with Crippen molar-refractivity contribution in [2.75, 3.05) is 21.3 Å². The monoisotopic (exact) mass is 292 g/mol. The molecule has 1 aromatic carbocycles. The van der Waals surface area contributed by atoms with E-state index in [4.69, 9.17) is 19.9 Å². The average Bonchev–Trinajstić information content (AvgIpc) is 2.52. The highest BCUT2D eigenvalue weighted by atomic mass is 19.1. The number of hydrogen-bond acceptors (Lipinski definition) is 5. The Balaban J connectivity index is 2.56. The lowest BCUT2D eigenvalue weighted by Gasteiger charge is -2.20. The van der Waals surface area contributed by atoms with Crippen LogP contribution in [0, 0.1) is 5.82 Å². The summed E-state index contributed by atoms with van der Waals surface area (Å²) in [4.78, 5) is 3.72. The van der Waals surface area contributed by atoms with Gasteiger partial charge in [-0.05, 0) is 18.2 Å². The van der Waals surface area contributed by atoms with Crippen LogP contribution in [0.1, 0.15) is 17.2 Å². The topological polar surface area (TPSA) is 66.6 Å². The van der Waals surface area contributed by atoms with Gasteiger partial charge in [-0.2, -0.15) is 0 Å². The Kier molecular flexibility index (Phi) is 4.59. The Hall–Kier alpha value is -2.34. The van der Waals surface area contributed by atoms with Crippen LogP contribution < -0.4 is 19.9 Å². The van der Waals surface area contributed by atoms with Crippen molar-refractivity contribution in [3.05, 3.63) is 47.5 Å². The first-order valence-electron chi connectivity index (χ1n) is 6.27. The van der Waals surface area contributed by atoms with Crippen LogP contribution in [-0.2, 0) is 0 Å². The Morgan fingerprint density at radius 3 is 2.29 bits per heavy atom. The summed E-state index contributed by atoms with van der Waals surface area (Å²) >= 11 is 0. The Bertz CT molecular complexity index is 634. The average molecular weight is 292 g/mol. The van der Waals surface area contributed by atoms with Gasteiger partial charge in [-0.15, -0.1) is 0 Å². The van der Waals surface area contributed by atoms with E-state index in [1.54, 1.807) is 12.1 Å². The lowest BCUT2D eigenvalue weighted by Crippen LogP contribution is -2.15. The summed E-state index contributed by atoms with van der Waals surface area (Å²) in [6, 6.07) is 4.26. The molecule has 2 rings (SSSR count). The molecule has 6 heteroatoms. The Morgan fingerprint density at radius 1 is 1.00 bits per heavy atom. The maximum Gasteiger partial charge on any atom is 0.203 e. The lowest BCUT2D eigenvalue weighted by atomic mass is 9.98. The molecular formula is C15H17FN2O3. The third-order valence-corrected chi connectivity index (χ3v) is 3.21. The maximum atomic E-state index is 13.8. The van der Waals surface area contributed by atoms with Gasteiger partial charge >= 0.3 is 0 Å². The molecule has 0 saturated heterocycles. The predicted octanol–water partition coefficient (Wildman–Crippen LogP) is 2.29. The van der Waals surface area contributed by atoms with Crippen molar-refractivity contribution >= 4 is 0 Å². The molecule has 21 heavy (non-hydrogen) atoms. The van der Waals surface area contributed by atoms with Gasteiger partial charge < -0.3 is 19.9 Å². The third-order valence-electron chi connectivity index (χ3n) is 3.21. The summed E-state index contributed by atoms with van der Waals surface area (Å²) in [5.41, 5.74) is 7.09. The van der Waals surface area contributed by atoms with Crippen molar-refractivity contribution in [1.82, 2.24) is 4.98 Å². The molecule has 1 atom stereocenters. The van der Waals surface area contributed by atoms with Crippen LogP contribution in [0.3, 0.4) is 0 Å². The summed E-state index contributed by atoms with van der Waals surface area (Å²) < 4.78 is 29.7. The van der Waals surface area contributed by atoms with Crippen LogP contribution in [0.2, 0.25) is 0 Å². The number of aromatic nitrogens is 1. The molecule has 0 amide bonds. The van der Waals surface area contributed by atoms with Gasteiger partial charge in [-0.1, -0.05) is 0 Å². The van der Waals surface area contributed by atoms with Crippen LogP contribution in [0.5, 0.6) is 17.2 Å². The molecule has 5 nitrogen and oxygen atoms in total. The number of rotatable bonds is 5. The van der Waals surface area contributed by atoms with E-state index >= 15 is 0 Å². The number of benzene rings is 1. The van der Waals surface area contributed by atoms with E-state index in [2.05, 4.69) is 4.98 Å². The summed E-state index contributed by atoms with van der Waals surface area (Å²) in [5, 5.41) is 0. The number of pyridine rings is 1. The molecule has 0 saturated carbocycles. The van der Waals surface area contributed by atoms with E-state index in [1.165, 1.54) is 33.6 Å². The van der Waals surface area contributed by atoms with E-state index in [0.717, 1.165) is 6.20 Å². The maximum absolute atomic E-state index is 13.8. The van der Waals surface area contributed by atoms with Crippen molar-refractivity contribution in [3.63, 3.8) is 0 Å². The second-order valence-electron chi connectivity index (χ2n) is 4.30. The quantitative estimate of drug-likeness (QED) is 0.916. The van der Waals surface area contributed by atoms with E-state index in [9.17, 15) is 4.39 Å². The van der Waals surface area contributed by atoms with Crippen LogP contribution >= 0.6 is 0 Å². The number of nitrogens with two attached hydrogens (primary N) is 1. The lowest BCUT2D eigenvalue weighted by molar-refractivity contribution is 0.321. The van der Waals surface area contributed by atoms with E-state index in [1.807, 2.05) is 0 Å². The van der Waals surface area contributed by atoms with Gasteiger partial charge in [0.1, 0.15) is 5.82 Å². The number of hydrogen-bond donors (Lipinski definition) is 1. The van der Waals surface area contributed by atoms with Gasteiger partial charge in [0.2, 0.25) is 5.75 Å². The Labute approximate surface area is 122 Å². The van der Waals surface area contributed by atoms with Gasteiger partial charge in [-0.25, -0.2) is 4.39 Å². The van der Waals surface area contributed by atoms with Crippen molar-refractivity contribution in [3.8, 4) is 17.2 Å². The first-order valence-corrected chi connectivity index (χ1v) is 6.27. The number of methoxy groups -OCH3 is 3. The molecule has 0 aliphatic rings. The molecule has 0 aliphatic heterocycles.